The minimum absolute atomic E-state index is 0. The Hall–Kier alpha value is -2.15. The van der Waals surface area contributed by atoms with Gasteiger partial charge in [0.15, 0.2) is 0 Å². The Morgan fingerprint density at radius 1 is 1.38 bits per heavy atom. The van der Waals surface area contributed by atoms with Gasteiger partial charge >= 0.3 is 17.6 Å². The van der Waals surface area contributed by atoms with Crippen LogP contribution in [-0.4, -0.2) is 60.1 Å². The molecule has 24 heavy (non-hydrogen) atoms. The Bertz CT molecular complexity index is 594. The molecule has 0 spiro atoms. The van der Waals surface area contributed by atoms with Crippen LogP contribution in [0.1, 0.15) is 19.1 Å². The van der Waals surface area contributed by atoms with Crippen LogP contribution in [-0.2, 0) is 14.3 Å². The highest BCUT2D eigenvalue weighted by atomic mass is 32.2. The maximum absolute atomic E-state index is 11.4. The number of rotatable bonds is 5. The van der Waals surface area contributed by atoms with E-state index in [4.69, 9.17) is 25.8 Å². The van der Waals surface area contributed by atoms with Crippen LogP contribution >= 0.6 is 11.8 Å². The third kappa shape index (κ3) is 7.41. The maximum Gasteiger partial charge on any atom is 0.351 e. The van der Waals surface area contributed by atoms with Gasteiger partial charge in [0.25, 0.3) is 0 Å². The number of aromatic nitrogens is 2. The number of ether oxygens (including phenoxy) is 1. The standard InChI is InChI=1S/C8H11N3O3S.C4H6O4.H2O/c9-5-1-2-11(8(13)10-5)6-4-15-7(3-12)14-6;5-3(6)1-2-4(7)8;/h1-2,6-7,12H,3-4H2,(H2,9,10,13);1-2H2,(H,5,6)(H,7,8);1H2/t6-,7+;;/m1../s1. The van der Waals surface area contributed by atoms with Crippen LogP contribution in [0, 0.1) is 0 Å². The van der Waals surface area contributed by atoms with Gasteiger partial charge in [-0.1, -0.05) is 0 Å². The molecule has 2 heterocycles. The molecule has 0 radical (unpaired) electrons. The number of aliphatic carboxylic acids is 2. The number of carbonyl (C=O) groups is 2. The molecule has 1 fully saturated rings. The van der Waals surface area contributed by atoms with Gasteiger partial charge in [-0.2, -0.15) is 4.98 Å². The van der Waals surface area contributed by atoms with Gasteiger partial charge in [0, 0.05) is 11.9 Å². The lowest BCUT2D eigenvalue weighted by Gasteiger charge is -2.13. The van der Waals surface area contributed by atoms with Crippen LogP contribution in [0.2, 0.25) is 0 Å². The largest absolute Gasteiger partial charge is 0.481 e. The number of hydrogen-bond acceptors (Lipinski definition) is 8. The fourth-order valence-electron chi connectivity index (χ4n) is 1.54. The van der Waals surface area contributed by atoms with Gasteiger partial charge in [0.1, 0.15) is 17.5 Å². The zero-order valence-electron chi connectivity index (χ0n) is 12.5. The zero-order chi connectivity index (χ0) is 17.4. The highest BCUT2D eigenvalue weighted by Crippen LogP contribution is 2.30. The molecule has 0 aliphatic carbocycles. The molecule has 2 atom stereocenters. The molecule has 7 N–H and O–H groups in total. The number of thioether (sulfide) groups is 1. The first-order chi connectivity index (χ1) is 10.8. The fraction of sp³-hybridized carbons (Fsp3) is 0.500. The van der Waals surface area contributed by atoms with Crippen LogP contribution < -0.4 is 11.4 Å². The molecule has 0 unspecified atom stereocenters. The molecule has 2 rings (SSSR count). The highest BCUT2D eigenvalue weighted by molar-refractivity contribution is 8.00. The highest BCUT2D eigenvalue weighted by Gasteiger charge is 2.27. The van der Waals surface area contributed by atoms with Gasteiger partial charge in [0.05, 0.1) is 19.4 Å². The van der Waals surface area contributed by atoms with Crippen molar-refractivity contribution in [3.63, 3.8) is 0 Å². The summed E-state index contributed by atoms with van der Waals surface area (Å²) in [6.45, 7) is -0.0572. The number of carboxylic acid groups (broad SMARTS) is 2. The SMILES string of the molecule is Nc1ccn([C@H]2CS[C@@H](CO)O2)c(=O)n1.O.O=C(O)CCC(=O)O. The van der Waals surface area contributed by atoms with E-state index in [2.05, 4.69) is 4.98 Å². The predicted octanol–water partition coefficient (Wildman–Crippen LogP) is -1.48. The van der Waals surface area contributed by atoms with E-state index in [1.54, 1.807) is 12.3 Å². The van der Waals surface area contributed by atoms with E-state index in [9.17, 15) is 14.4 Å². The van der Waals surface area contributed by atoms with Gasteiger partial charge in [-0.05, 0) is 6.07 Å². The lowest BCUT2D eigenvalue weighted by Crippen LogP contribution is -2.28. The lowest BCUT2D eigenvalue weighted by atomic mass is 10.3. The summed E-state index contributed by atoms with van der Waals surface area (Å²) in [5.41, 5.74) is 4.67. The van der Waals surface area contributed by atoms with E-state index in [0.717, 1.165) is 0 Å². The summed E-state index contributed by atoms with van der Waals surface area (Å²) in [6, 6.07) is 1.54. The normalized spacial score (nSPS) is 18.9. The molecule has 0 saturated carbocycles. The fourth-order valence-corrected chi connectivity index (χ4v) is 2.47. The first kappa shape index (κ1) is 21.9. The third-order valence-corrected chi connectivity index (χ3v) is 3.71. The molecule has 1 saturated heterocycles. The van der Waals surface area contributed by atoms with Crippen LogP contribution in [0.25, 0.3) is 0 Å². The van der Waals surface area contributed by atoms with Crippen LogP contribution in [0.5, 0.6) is 0 Å². The Labute approximate surface area is 140 Å². The predicted molar refractivity (Wildman–Crippen MR) is 84.5 cm³/mol. The van der Waals surface area contributed by atoms with E-state index < -0.39 is 17.6 Å². The number of nitrogens with two attached hydrogens (primary N) is 1. The second-order valence-electron chi connectivity index (χ2n) is 4.37. The van der Waals surface area contributed by atoms with E-state index >= 15 is 0 Å². The summed E-state index contributed by atoms with van der Waals surface area (Å²) in [5.74, 6) is -1.34. The lowest BCUT2D eigenvalue weighted by molar-refractivity contribution is -0.143. The van der Waals surface area contributed by atoms with Crippen molar-refractivity contribution in [3.8, 4) is 0 Å². The molecule has 1 aromatic heterocycles. The summed E-state index contributed by atoms with van der Waals surface area (Å²) in [6.07, 6.45) is 0.591. The van der Waals surface area contributed by atoms with Crippen LogP contribution in [0.15, 0.2) is 17.1 Å². The topological polar surface area (TPSA) is 196 Å². The molecule has 1 aromatic rings. The Kier molecular flexibility index (Phi) is 9.64. The molecule has 1 aliphatic rings. The molecule has 136 valence electrons. The van der Waals surface area contributed by atoms with E-state index in [1.165, 1.54) is 16.3 Å². The molecular weight excluding hydrogens is 346 g/mol. The first-order valence-electron chi connectivity index (χ1n) is 6.49. The van der Waals surface area contributed by atoms with Crippen molar-refractivity contribution in [1.82, 2.24) is 9.55 Å². The molecular formula is C12H19N3O8S. The number of aliphatic hydroxyl groups excluding tert-OH is 1. The molecule has 11 nitrogen and oxygen atoms in total. The second kappa shape index (κ2) is 10.6. The van der Waals surface area contributed by atoms with Gasteiger partial charge in [-0.15, -0.1) is 11.8 Å². The van der Waals surface area contributed by atoms with Gasteiger partial charge in [-0.3, -0.25) is 14.2 Å². The van der Waals surface area contributed by atoms with E-state index in [1.807, 2.05) is 0 Å². The smallest absolute Gasteiger partial charge is 0.351 e. The molecule has 12 heteroatoms. The Morgan fingerprint density at radius 3 is 2.38 bits per heavy atom. The second-order valence-corrected chi connectivity index (χ2v) is 5.56. The van der Waals surface area contributed by atoms with Crippen LogP contribution in [0.4, 0.5) is 5.82 Å². The molecule has 0 aromatic carbocycles. The third-order valence-electron chi connectivity index (χ3n) is 2.60. The number of nitrogen functional groups attached to an aromatic ring is 1. The van der Waals surface area contributed by atoms with Crippen LogP contribution in [0.3, 0.4) is 0 Å². The van der Waals surface area contributed by atoms with Crippen molar-refractivity contribution in [3.05, 3.63) is 22.7 Å². The average Bonchev–Trinajstić information content (AvgIpc) is 2.94. The van der Waals surface area contributed by atoms with Crippen molar-refractivity contribution in [1.29, 1.82) is 0 Å². The quantitative estimate of drug-likeness (QED) is 0.477. The number of carboxylic acids is 2. The van der Waals surface area contributed by atoms with Gasteiger partial charge < -0.3 is 31.3 Å². The van der Waals surface area contributed by atoms with Crippen molar-refractivity contribution < 1.29 is 35.1 Å². The molecule has 0 amide bonds. The van der Waals surface area contributed by atoms with Gasteiger partial charge in [-0.25, -0.2) is 4.79 Å². The number of aliphatic hydroxyl groups is 1. The van der Waals surface area contributed by atoms with Crippen molar-refractivity contribution in [2.45, 2.75) is 24.5 Å². The summed E-state index contributed by atoms with van der Waals surface area (Å²) >= 11 is 1.47. The zero-order valence-corrected chi connectivity index (χ0v) is 13.3. The minimum Gasteiger partial charge on any atom is -0.481 e. The maximum atomic E-state index is 11.4. The molecule has 1 aliphatic heterocycles. The monoisotopic (exact) mass is 365 g/mol. The summed E-state index contributed by atoms with van der Waals surface area (Å²) in [7, 11) is 0. The number of nitrogens with zero attached hydrogens (tertiary/aromatic N) is 2. The van der Waals surface area contributed by atoms with Gasteiger partial charge in [0.2, 0.25) is 0 Å². The Morgan fingerprint density at radius 2 is 1.96 bits per heavy atom. The summed E-state index contributed by atoms with van der Waals surface area (Å²) in [4.78, 5) is 34.3. The van der Waals surface area contributed by atoms with Crippen molar-refractivity contribution in [2.24, 2.45) is 0 Å². The van der Waals surface area contributed by atoms with Crippen molar-refractivity contribution >= 4 is 29.5 Å². The Balaban J connectivity index is 0.000000510. The van der Waals surface area contributed by atoms with Crippen molar-refractivity contribution in [2.75, 3.05) is 18.1 Å². The van der Waals surface area contributed by atoms with E-state index in [0.29, 0.717) is 5.75 Å². The number of hydrogen-bond donors (Lipinski definition) is 4. The van der Waals surface area contributed by atoms with E-state index in [-0.39, 0.29) is 42.4 Å². The number of anilines is 1. The average molecular weight is 365 g/mol. The minimum atomic E-state index is -1.08. The molecule has 0 bridgehead atoms. The summed E-state index contributed by atoms with van der Waals surface area (Å²) < 4.78 is 6.79. The first-order valence-corrected chi connectivity index (χ1v) is 7.54. The summed E-state index contributed by atoms with van der Waals surface area (Å²) in [5, 5.41) is 24.7.